The largest absolute Gasteiger partial charge is 0.424 e. The quantitative estimate of drug-likeness (QED) is 0.830. The smallest absolute Gasteiger partial charge is 0.237 e. The molecule has 2 heterocycles. The van der Waals surface area contributed by atoms with Gasteiger partial charge in [-0.2, -0.15) is 0 Å². The third-order valence-electron chi connectivity index (χ3n) is 3.44. The third kappa shape index (κ3) is 2.42. The van der Waals surface area contributed by atoms with Gasteiger partial charge in [0.05, 0.1) is 5.69 Å². The maximum absolute atomic E-state index is 5.33. The van der Waals surface area contributed by atoms with Crippen LogP contribution in [0.2, 0.25) is 0 Å². The molecule has 0 bridgehead atoms. The first-order valence-corrected chi connectivity index (χ1v) is 6.50. The van der Waals surface area contributed by atoms with Gasteiger partial charge in [0, 0.05) is 19.0 Å². The highest BCUT2D eigenvalue weighted by atomic mass is 16.4. The van der Waals surface area contributed by atoms with Gasteiger partial charge in [-0.3, -0.25) is 0 Å². The van der Waals surface area contributed by atoms with Crippen LogP contribution in [-0.2, 0) is 6.54 Å². The summed E-state index contributed by atoms with van der Waals surface area (Å²) >= 11 is 0. The molecule has 6 nitrogen and oxygen atoms in total. The zero-order valence-corrected chi connectivity index (χ0v) is 10.5. The first-order valence-electron chi connectivity index (χ1n) is 6.50. The monoisotopic (exact) mass is 247 g/mol. The summed E-state index contributed by atoms with van der Waals surface area (Å²) < 4.78 is 7.11. The molecule has 0 atom stereocenters. The van der Waals surface area contributed by atoms with Crippen LogP contribution in [-0.4, -0.2) is 25.2 Å². The van der Waals surface area contributed by atoms with Crippen molar-refractivity contribution in [3.63, 3.8) is 0 Å². The van der Waals surface area contributed by atoms with Crippen LogP contribution < -0.4 is 0 Å². The molecule has 0 aromatic carbocycles. The molecule has 6 heteroatoms. The van der Waals surface area contributed by atoms with Gasteiger partial charge in [-0.05, 0) is 12.8 Å². The van der Waals surface area contributed by atoms with E-state index < -0.39 is 0 Å². The van der Waals surface area contributed by atoms with E-state index in [0.29, 0.717) is 24.2 Å². The number of nitrogens with zero attached hydrogens (tertiary/aromatic N) is 5. The summed E-state index contributed by atoms with van der Waals surface area (Å²) in [5, 5.41) is 16.2. The van der Waals surface area contributed by atoms with E-state index in [1.807, 2.05) is 6.20 Å². The van der Waals surface area contributed by atoms with Crippen molar-refractivity contribution >= 4 is 0 Å². The van der Waals surface area contributed by atoms with Crippen molar-refractivity contribution in [3.05, 3.63) is 23.7 Å². The number of aryl methyl sites for hydroxylation is 1. The topological polar surface area (TPSA) is 69.6 Å². The summed E-state index contributed by atoms with van der Waals surface area (Å²) in [6.45, 7) is 2.28. The first-order chi connectivity index (χ1) is 8.81. The average molecular weight is 247 g/mol. The molecule has 2 aromatic rings. The van der Waals surface area contributed by atoms with Gasteiger partial charge in [0.15, 0.2) is 0 Å². The maximum atomic E-state index is 5.33. The van der Waals surface area contributed by atoms with Gasteiger partial charge in [0.25, 0.3) is 0 Å². The Labute approximate surface area is 105 Å². The fourth-order valence-corrected chi connectivity index (χ4v) is 2.52. The van der Waals surface area contributed by atoms with Crippen LogP contribution in [0, 0.1) is 6.92 Å². The molecular formula is C12H17N5O. The summed E-state index contributed by atoms with van der Waals surface area (Å²) in [4.78, 5) is 0. The van der Waals surface area contributed by atoms with Crippen LogP contribution in [0.25, 0.3) is 0 Å². The van der Waals surface area contributed by atoms with E-state index in [1.165, 1.54) is 32.1 Å². The van der Waals surface area contributed by atoms with Crippen molar-refractivity contribution in [2.24, 2.45) is 0 Å². The van der Waals surface area contributed by atoms with Gasteiger partial charge in [-0.15, -0.1) is 15.3 Å². The van der Waals surface area contributed by atoms with E-state index >= 15 is 0 Å². The van der Waals surface area contributed by atoms with Crippen LogP contribution in [0.4, 0.5) is 0 Å². The summed E-state index contributed by atoms with van der Waals surface area (Å²) in [6.07, 6.45) is 8.44. The molecule has 2 aromatic heterocycles. The highest BCUT2D eigenvalue weighted by molar-refractivity contribution is 5.03. The Kier molecular flexibility index (Phi) is 3.08. The number of aromatic nitrogens is 5. The highest BCUT2D eigenvalue weighted by Gasteiger charge is 2.18. The molecule has 0 radical (unpaired) electrons. The van der Waals surface area contributed by atoms with Crippen molar-refractivity contribution in [2.75, 3.05) is 0 Å². The van der Waals surface area contributed by atoms with E-state index in [4.69, 9.17) is 4.42 Å². The SMILES string of the molecule is Cc1nnc(Cn2cc(C3CCCCC3)nn2)o1. The maximum Gasteiger partial charge on any atom is 0.237 e. The van der Waals surface area contributed by atoms with Crippen LogP contribution in [0.1, 0.15) is 55.5 Å². The molecule has 0 unspecified atom stereocenters. The molecule has 1 aliphatic carbocycles. The summed E-state index contributed by atoms with van der Waals surface area (Å²) in [5.74, 6) is 1.74. The predicted octanol–water partition coefficient (Wildman–Crippen LogP) is 2.07. The fourth-order valence-electron chi connectivity index (χ4n) is 2.52. The van der Waals surface area contributed by atoms with Crippen LogP contribution in [0.15, 0.2) is 10.6 Å². The predicted molar refractivity (Wildman–Crippen MR) is 64.0 cm³/mol. The second-order valence-corrected chi connectivity index (χ2v) is 4.89. The Bertz CT molecular complexity index is 512. The van der Waals surface area contributed by atoms with Gasteiger partial charge in [0.1, 0.15) is 6.54 Å². The second kappa shape index (κ2) is 4.88. The Morgan fingerprint density at radius 2 is 2.06 bits per heavy atom. The van der Waals surface area contributed by atoms with Gasteiger partial charge in [0.2, 0.25) is 11.8 Å². The lowest BCUT2D eigenvalue weighted by molar-refractivity contribution is 0.436. The van der Waals surface area contributed by atoms with Crippen molar-refractivity contribution in [1.29, 1.82) is 0 Å². The Hall–Kier alpha value is -1.72. The molecule has 1 aliphatic rings. The molecule has 96 valence electrons. The summed E-state index contributed by atoms with van der Waals surface area (Å²) in [5.41, 5.74) is 1.10. The number of hydrogen-bond donors (Lipinski definition) is 0. The lowest BCUT2D eigenvalue weighted by Crippen LogP contribution is -2.04. The molecule has 18 heavy (non-hydrogen) atoms. The van der Waals surface area contributed by atoms with E-state index in [9.17, 15) is 0 Å². The van der Waals surface area contributed by atoms with Crippen LogP contribution in [0.3, 0.4) is 0 Å². The van der Waals surface area contributed by atoms with Gasteiger partial charge < -0.3 is 4.42 Å². The van der Waals surface area contributed by atoms with Crippen molar-refractivity contribution < 1.29 is 4.42 Å². The second-order valence-electron chi connectivity index (χ2n) is 4.89. The first kappa shape index (κ1) is 11.4. The van der Waals surface area contributed by atoms with Crippen molar-refractivity contribution in [2.45, 2.75) is 51.5 Å². The normalized spacial score (nSPS) is 17.2. The standard InChI is InChI=1S/C12H17N5O/c1-9-13-15-12(18-9)8-17-7-11(14-16-17)10-5-3-2-4-6-10/h7,10H,2-6,8H2,1H3. The van der Waals surface area contributed by atoms with Crippen molar-refractivity contribution in [3.8, 4) is 0 Å². The molecule has 0 N–H and O–H groups in total. The lowest BCUT2D eigenvalue weighted by Gasteiger charge is -2.18. The van der Waals surface area contributed by atoms with Crippen LogP contribution >= 0.6 is 0 Å². The van der Waals surface area contributed by atoms with E-state index in [1.54, 1.807) is 11.6 Å². The lowest BCUT2D eigenvalue weighted by atomic mass is 9.87. The molecule has 1 saturated carbocycles. The Morgan fingerprint density at radius 3 is 2.78 bits per heavy atom. The van der Waals surface area contributed by atoms with E-state index in [0.717, 1.165) is 5.69 Å². The van der Waals surface area contributed by atoms with Crippen LogP contribution in [0.5, 0.6) is 0 Å². The van der Waals surface area contributed by atoms with Crippen molar-refractivity contribution in [1.82, 2.24) is 25.2 Å². The van der Waals surface area contributed by atoms with E-state index in [2.05, 4.69) is 20.5 Å². The minimum atomic E-state index is 0.501. The Morgan fingerprint density at radius 1 is 1.22 bits per heavy atom. The molecule has 3 rings (SSSR count). The Balaban J connectivity index is 1.69. The van der Waals surface area contributed by atoms with Gasteiger partial charge in [-0.1, -0.05) is 24.5 Å². The van der Waals surface area contributed by atoms with Gasteiger partial charge in [-0.25, -0.2) is 4.68 Å². The molecule has 0 amide bonds. The molecule has 0 spiro atoms. The van der Waals surface area contributed by atoms with Gasteiger partial charge >= 0.3 is 0 Å². The number of hydrogen-bond acceptors (Lipinski definition) is 5. The molecule has 1 fully saturated rings. The number of rotatable bonds is 3. The minimum Gasteiger partial charge on any atom is -0.424 e. The minimum absolute atomic E-state index is 0.501. The molecule has 0 saturated heterocycles. The third-order valence-corrected chi connectivity index (χ3v) is 3.44. The summed E-state index contributed by atoms with van der Waals surface area (Å²) in [6, 6.07) is 0. The van der Waals surface area contributed by atoms with E-state index in [-0.39, 0.29) is 0 Å². The average Bonchev–Trinajstić information content (AvgIpc) is 3.01. The molecular weight excluding hydrogens is 230 g/mol. The summed E-state index contributed by atoms with van der Waals surface area (Å²) in [7, 11) is 0. The highest BCUT2D eigenvalue weighted by Crippen LogP contribution is 2.31. The molecule has 0 aliphatic heterocycles. The zero-order chi connectivity index (χ0) is 12.4. The fraction of sp³-hybridized carbons (Fsp3) is 0.667. The zero-order valence-electron chi connectivity index (χ0n) is 10.5.